The van der Waals surface area contributed by atoms with E-state index in [9.17, 15) is 28.1 Å². The Bertz CT molecular complexity index is 1020. The Hall–Kier alpha value is -3.49. The summed E-state index contributed by atoms with van der Waals surface area (Å²) < 4.78 is 40.7. The molecule has 3 aromatic rings. The van der Waals surface area contributed by atoms with Crippen molar-refractivity contribution in [2.45, 2.75) is 0 Å². The normalized spacial score (nSPS) is 10.7. The van der Waals surface area contributed by atoms with Crippen LogP contribution in [0.5, 0.6) is 0 Å². The third-order valence-corrected chi connectivity index (χ3v) is 3.46. The fourth-order valence-electron chi connectivity index (χ4n) is 2.33. The first-order valence-electron chi connectivity index (χ1n) is 6.87. The summed E-state index contributed by atoms with van der Waals surface area (Å²) in [5, 5.41) is 13.5. The van der Waals surface area contributed by atoms with Crippen molar-refractivity contribution in [3.05, 3.63) is 75.7 Å². The average molecular weight is 347 g/mol. The van der Waals surface area contributed by atoms with E-state index in [0.29, 0.717) is 12.1 Å². The number of non-ortho nitro benzene ring substituents is 1. The molecule has 2 aromatic carbocycles. The SMILES string of the molecule is O=C(Nc1ccc([N+](=O)[O-])c2ncccc12)c1c(F)ccc(F)c1F. The highest BCUT2D eigenvalue weighted by Crippen LogP contribution is 2.30. The number of halogens is 3. The first-order chi connectivity index (χ1) is 11.9. The number of carbonyl (C=O) groups excluding carboxylic acids is 1. The Kier molecular flexibility index (Phi) is 4.05. The van der Waals surface area contributed by atoms with Crippen LogP contribution in [0.4, 0.5) is 24.5 Å². The van der Waals surface area contributed by atoms with Gasteiger partial charge in [-0.3, -0.25) is 14.9 Å². The summed E-state index contributed by atoms with van der Waals surface area (Å²) in [4.78, 5) is 26.4. The first-order valence-corrected chi connectivity index (χ1v) is 6.87. The number of fused-ring (bicyclic) bond motifs is 1. The standard InChI is InChI=1S/C16H8F3N3O3/c17-9-3-4-10(18)14(19)13(9)16(23)21-11-5-6-12(22(24)25)15-8(11)2-1-7-20-15/h1-7H,(H,21,23). The fraction of sp³-hybridized carbons (Fsp3) is 0. The lowest BCUT2D eigenvalue weighted by atomic mass is 10.1. The van der Waals surface area contributed by atoms with Crippen LogP contribution < -0.4 is 5.32 Å². The Labute approximate surface area is 138 Å². The lowest BCUT2D eigenvalue weighted by Crippen LogP contribution is -2.17. The molecular formula is C16H8F3N3O3. The van der Waals surface area contributed by atoms with Crippen LogP contribution in [-0.2, 0) is 0 Å². The number of pyridine rings is 1. The van der Waals surface area contributed by atoms with Gasteiger partial charge in [0.05, 0.1) is 10.6 Å². The van der Waals surface area contributed by atoms with E-state index in [1.54, 1.807) is 0 Å². The molecule has 1 amide bonds. The van der Waals surface area contributed by atoms with E-state index >= 15 is 0 Å². The molecule has 25 heavy (non-hydrogen) atoms. The van der Waals surface area contributed by atoms with Crippen molar-refractivity contribution in [2.75, 3.05) is 5.32 Å². The second kappa shape index (κ2) is 6.19. The average Bonchev–Trinajstić information content (AvgIpc) is 2.58. The minimum Gasteiger partial charge on any atom is -0.321 e. The van der Waals surface area contributed by atoms with Gasteiger partial charge >= 0.3 is 0 Å². The lowest BCUT2D eigenvalue weighted by molar-refractivity contribution is -0.383. The molecule has 0 aliphatic rings. The molecule has 0 spiro atoms. The van der Waals surface area contributed by atoms with Crippen LogP contribution in [0.1, 0.15) is 10.4 Å². The van der Waals surface area contributed by atoms with Crippen LogP contribution in [0.2, 0.25) is 0 Å². The van der Waals surface area contributed by atoms with Crippen LogP contribution in [-0.4, -0.2) is 15.8 Å². The molecule has 1 heterocycles. The molecule has 6 nitrogen and oxygen atoms in total. The molecule has 3 rings (SSSR count). The topological polar surface area (TPSA) is 85.1 Å². The van der Waals surface area contributed by atoms with Gasteiger partial charge in [0.15, 0.2) is 11.6 Å². The van der Waals surface area contributed by atoms with Crippen LogP contribution in [0.25, 0.3) is 10.9 Å². The number of carbonyl (C=O) groups is 1. The monoisotopic (exact) mass is 347 g/mol. The summed E-state index contributed by atoms with van der Waals surface area (Å²) in [7, 11) is 0. The molecule has 9 heteroatoms. The zero-order chi connectivity index (χ0) is 18.1. The Morgan fingerprint density at radius 1 is 1.08 bits per heavy atom. The number of nitrogens with one attached hydrogen (secondary N) is 1. The number of nitro benzene ring substituents is 1. The number of nitrogens with zero attached hydrogens (tertiary/aromatic N) is 2. The number of benzene rings is 2. The predicted molar refractivity (Wildman–Crippen MR) is 82.7 cm³/mol. The van der Waals surface area contributed by atoms with Gasteiger partial charge in [-0.15, -0.1) is 0 Å². The Balaban J connectivity index is 2.08. The van der Waals surface area contributed by atoms with Gasteiger partial charge in [-0.1, -0.05) is 0 Å². The van der Waals surface area contributed by atoms with E-state index in [1.807, 2.05) is 0 Å². The van der Waals surface area contributed by atoms with Crippen molar-refractivity contribution in [3.63, 3.8) is 0 Å². The van der Waals surface area contributed by atoms with E-state index in [0.717, 1.165) is 6.07 Å². The molecular weight excluding hydrogens is 339 g/mol. The summed E-state index contributed by atoms with van der Waals surface area (Å²) in [6, 6.07) is 6.42. The molecule has 0 fully saturated rings. The van der Waals surface area contributed by atoms with Crippen LogP contribution >= 0.6 is 0 Å². The van der Waals surface area contributed by atoms with E-state index in [1.165, 1.54) is 24.4 Å². The molecule has 0 aliphatic carbocycles. The highest BCUT2D eigenvalue weighted by molar-refractivity contribution is 6.10. The second-order valence-electron chi connectivity index (χ2n) is 4.96. The summed E-state index contributed by atoms with van der Waals surface area (Å²) in [6.07, 6.45) is 1.33. The highest BCUT2D eigenvalue weighted by atomic mass is 19.2. The fourth-order valence-corrected chi connectivity index (χ4v) is 2.33. The van der Waals surface area contributed by atoms with E-state index < -0.39 is 33.8 Å². The highest BCUT2D eigenvalue weighted by Gasteiger charge is 2.22. The number of anilines is 1. The maximum atomic E-state index is 13.7. The van der Waals surface area contributed by atoms with Crippen molar-refractivity contribution < 1.29 is 22.9 Å². The van der Waals surface area contributed by atoms with Gasteiger partial charge < -0.3 is 5.32 Å². The number of amides is 1. The number of hydrogen-bond acceptors (Lipinski definition) is 4. The molecule has 0 saturated carbocycles. The van der Waals surface area contributed by atoms with Gasteiger partial charge in [0.1, 0.15) is 16.9 Å². The van der Waals surface area contributed by atoms with Gasteiger partial charge in [0.25, 0.3) is 11.6 Å². The van der Waals surface area contributed by atoms with Gasteiger partial charge in [0.2, 0.25) is 0 Å². The van der Waals surface area contributed by atoms with Crippen molar-refractivity contribution in [2.24, 2.45) is 0 Å². The van der Waals surface area contributed by atoms with E-state index in [2.05, 4.69) is 10.3 Å². The molecule has 0 unspecified atom stereocenters. The quantitative estimate of drug-likeness (QED) is 0.443. The molecule has 0 radical (unpaired) electrons. The van der Waals surface area contributed by atoms with Gasteiger partial charge in [-0.2, -0.15) is 0 Å². The molecule has 0 atom stereocenters. The zero-order valence-corrected chi connectivity index (χ0v) is 12.3. The number of aromatic nitrogens is 1. The Morgan fingerprint density at radius 3 is 2.52 bits per heavy atom. The van der Waals surface area contributed by atoms with Crippen LogP contribution in [0.3, 0.4) is 0 Å². The van der Waals surface area contributed by atoms with Gasteiger partial charge in [-0.25, -0.2) is 18.2 Å². The third kappa shape index (κ3) is 2.87. The Morgan fingerprint density at radius 2 is 1.80 bits per heavy atom. The van der Waals surface area contributed by atoms with Crippen LogP contribution in [0, 0.1) is 27.6 Å². The smallest absolute Gasteiger partial charge is 0.295 e. The maximum absolute atomic E-state index is 13.7. The van der Waals surface area contributed by atoms with E-state index in [4.69, 9.17) is 0 Å². The van der Waals surface area contributed by atoms with Crippen molar-refractivity contribution >= 4 is 28.2 Å². The van der Waals surface area contributed by atoms with Crippen molar-refractivity contribution in [1.29, 1.82) is 0 Å². The first kappa shape index (κ1) is 16.4. The molecule has 0 aliphatic heterocycles. The largest absolute Gasteiger partial charge is 0.321 e. The molecule has 1 N–H and O–H groups in total. The zero-order valence-electron chi connectivity index (χ0n) is 12.3. The lowest BCUT2D eigenvalue weighted by Gasteiger charge is -2.10. The van der Waals surface area contributed by atoms with E-state index in [-0.39, 0.29) is 22.3 Å². The summed E-state index contributed by atoms with van der Waals surface area (Å²) >= 11 is 0. The molecule has 0 saturated heterocycles. The number of nitro groups is 1. The van der Waals surface area contributed by atoms with Gasteiger partial charge in [0, 0.05) is 17.6 Å². The number of rotatable bonds is 3. The predicted octanol–water partition coefficient (Wildman–Crippen LogP) is 3.81. The van der Waals surface area contributed by atoms with Gasteiger partial charge in [-0.05, 0) is 30.3 Å². The summed E-state index contributed by atoms with van der Waals surface area (Å²) in [5.74, 6) is -5.46. The van der Waals surface area contributed by atoms with Crippen LogP contribution in [0.15, 0.2) is 42.6 Å². The van der Waals surface area contributed by atoms with Crippen molar-refractivity contribution in [3.8, 4) is 0 Å². The minimum atomic E-state index is -1.62. The molecule has 1 aromatic heterocycles. The second-order valence-corrected chi connectivity index (χ2v) is 4.96. The molecule has 126 valence electrons. The maximum Gasteiger partial charge on any atom is 0.295 e. The minimum absolute atomic E-state index is 0.00881. The van der Waals surface area contributed by atoms with Crippen molar-refractivity contribution in [1.82, 2.24) is 4.98 Å². The molecule has 0 bridgehead atoms. The number of hydrogen-bond donors (Lipinski definition) is 1. The summed E-state index contributed by atoms with van der Waals surface area (Å²) in [6.45, 7) is 0. The third-order valence-electron chi connectivity index (χ3n) is 3.46. The summed E-state index contributed by atoms with van der Waals surface area (Å²) in [5.41, 5.74) is -1.35.